The van der Waals surface area contributed by atoms with Crippen molar-refractivity contribution in [3.05, 3.63) is 54.1 Å². The van der Waals surface area contributed by atoms with Gasteiger partial charge in [-0.05, 0) is 43.4 Å². The van der Waals surface area contributed by atoms with Crippen LogP contribution < -0.4 is 20.3 Å². The molecule has 6 heteroatoms. The van der Waals surface area contributed by atoms with Gasteiger partial charge in [0, 0.05) is 30.9 Å². The van der Waals surface area contributed by atoms with Gasteiger partial charge in [0.2, 0.25) is 0 Å². The molecule has 2 rings (SSSR count). The zero-order valence-corrected chi connectivity index (χ0v) is 14.8. The highest BCUT2D eigenvalue weighted by Crippen LogP contribution is 2.29. The maximum atomic E-state index is 12.1. The van der Waals surface area contributed by atoms with Crippen molar-refractivity contribution in [2.45, 2.75) is 6.92 Å². The van der Waals surface area contributed by atoms with Crippen molar-refractivity contribution in [1.29, 1.82) is 0 Å². The number of methoxy groups -OCH3 is 1. The number of amides is 1. The molecule has 0 radical (unpaired) electrons. The molecule has 126 valence electrons. The number of hydrogen-bond donors (Lipinski definition) is 2. The highest BCUT2D eigenvalue weighted by atomic mass is 32.1. The average molecular weight is 343 g/mol. The molecule has 0 aliphatic rings. The van der Waals surface area contributed by atoms with E-state index < -0.39 is 0 Å². The predicted octanol–water partition coefficient (Wildman–Crippen LogP) is 3.28. The van der Waals surface area contributed by atoms with E-state index in [0.717, 1.165) is 12.2 Å². The summed E-state index contributed by atoms with van der Waals surface area (Å²) in [5.41, 5.74) is 2.29. The first-order chi connectivity index (χ1) is 11.5. The van der Waals surface area contributed by atoms with E-state index in [4.69, 9.17) is 17.0 Å². The maximum absolute atomic E-state index is 12.1. The molecule has 0 fully saturated rings. The Balaban J connectivity index is 2.07. The maximum Gasteiger partial charge on any atom is 0.257 e. The van der Waals surface area contributed by atoms with Gasteiger partial charge in [-0.1, -0.05) is 18.2 Å². The molecule has 0 saturated heterocycles. The Labute approximate surface area is 147 Å². The van der Waals surface area contributed by atoms with E-state index in [0.29, 0.717) is 17.0 Å². The highest BCUT2D eigenvalue weighted by molar-refractivity contribution is 7.80. The molecule has 0 aliphatic carbocycles. The molecule has 1 amide bonds. The van der Waals surface area contributed by atoms with Crippen LogP contribution in [-0.2, 0) is 0 Å². The first-order valence-electron chi connectivity index (χ1n) is 7.61. The molecule has 0 aromatic heterocycles. The third kappa shape index (κ3) is 4.45. The monoisotopic (exact) mass is 343 g/mol. The number of carbonyl (C=O) groups excluding carboxylic acids is 1. The first kappa shape index (κ1) is 17.7. The molecular formula is C18H21N3O2S. The second-order valence-corrected chi connectivity index (χ2v) is 5.58. The fourth-order valence-corrected chi connectivity index (χ4v) is 2.32. The van der Waals surface area contributed by atoms with Gasteiger partial charge < -0.3 is 15.0 Å². The fraction of sp³-hybridized carbons (Fsp3) is 0.222. The molecule has 0 spiro atoms. The van der Waals surface area contributed by atoms with E-state index in [-0.39, 0.29) is 11.0 Å². The minimum absolute atomic E-state index is 0.221. The Morgan fingerprint density at radius 2 is 1.92 bits per heavy atom. The molecule has 2 aromatic carbocycles. The quantitative estimate of drug-likeness (QED) is 0.816. The molecule has 2 N–H and O–H groups in total. The summed E-state index contributed by atoms with van der Waals surface area (Å²) < 4.78 is 5.41. The minimum Gasteiger partial charge on any atom is -0.494 e. The van der Waals surface area contributed by atoms with Gasteiger partial charge in [-0.15, -0.1) is 0 Å². The van der Waals surface area contributed by atoms with Crippen molar-refractivity contribution in [3.8, 4) is 5.75 Å². The summed E-state index contributed by atoms with van der Waals surface area (Å²) in [4.78, 5) is 14.2. The summed E-state index contributed by atoms with van der Waals surface area (Å²) in [5, 5.41) is 5.88. The van der Waals surface area contributed by atoms with Crippen LogP contribution in [0, 0.1) is 0 Å². The van der Waals surface area contributed by atoms with Gasteiger partial charge in [0.1, 0.15) is 5.75 Å². The summed E-state index contributed by atoms with van der Waals surface area (Å²) >= 11 is 5.22. The van der Waals surface area contributed by atoms with Crippen LogP contribution in [0.15, 0.2) is 48.5 Å². The van der Waals surface area contributed by atoms with E-state index in [1.165, 1.54) is 0 Å². The lowest BCUT2D eigenvalue weighted by molar-refractivity contribution is 0.0977. The largest absolute Gasteiger partial charge is 0.494 e. The topological polar surface area (TPSA) is 53.6 Å². The lowest BCUT2D eigenvalue weighted by Gasteiger charge is -2.19. The van der Waals surface area contributed by atoms with Gasteiger partial charge in [-0.2, -0.15) is 0 Å². The predicted molar refractivity (Wildman–Crippen MR) is 102 cm³/mol. The summed E-state index contributed by atoms with van der Waals surface area (Å²) in [6.45, 7) is 2.97. The summed E-state index contributed by atoms with van der Waals surface area (Å²) in [7, 11) is 3.61. The van der Waals surface area contributed by atoms with Crippen molar-refractivity contribution < 1.29 is 9.53 Å². The number of carbonyl (C=O) groups is 1. The van der Waals surface area contributed by atoms with Crippen LogP contribution in [0.3, 0.4) is 0 Å². The number of benzene rings is 2. The smallest absolute Gasteiger partial charge is 0.257 e. The summed E-state index contributed by atoms with van der Waals surface area (Å²) in [6, 6.07) is 14.7. The Morgan fingerprint density at radius 1 is 1.21 bits per heavy atom. The van der Waals surface area contributed by atoms with E-state index in [9.17, 15) is 4.79 Å². The Bertz CT molecular complexity index is 719. The number of hydrogen-bond acceptors (Lipinski definition) is 4. The van der Waals surface area contributed by atoms with Crippen LogP contribution in [0.2, 0.25) is 0 Å². The van der Waals surface area contributed by atoms with Crippen LogP contribution in [0.4, 0.5) is 11.4 Å². The van der Waals surface area contributed by atoms with Gasteiger partial charge >= 0.3 is 0 Å². The number of nitrogens with zero attached hydrogens (tertiary/aromatic N) is 1. The third-order valence-electron chi connectivity index (χ3n) is 3.61. The molecule has 2 aromatic rings. The molecule has 5 nitrogen and oxygen atoms in total. The van der Waals surface area contributed by atoms with E-state index in [1.807, 2.05) is 31.3 Å². The zero-order chi connectivity index (χ0) is 17.5. The molecule has 0 bridgehead atoms. The van der Waals surface area contributed by atoms with Gasteiger partial charge in [0.15, 0.2) is 5.11 Å². The van der Waals surface area contributed by atoms with E-state index >= 15 is 0 Å². The van der Waals surface area contributed by atoms with Gasteiger partial charge in [0.05, 0.1) is 12.8 Å². The standard InChI is InChI=1S/C18H21N3O2S/c1-4-21(2)14-10-11-15(16(12-14)23-3)19-18(24)20-17(22)13-8-6-5-7-9-13/h5-12H,4H2,1-3H3,(H2,19,20,22,24). The molecule has 0 unspecified atom stereocenters. The molecule has 0 heterocycles. The summed E-state index contributed by atoms with van der Waals surface area (Å²) in [5.74, 6) is 0.401. The van der Waals surface area contributed by atoms with Gasteiger partial charge in [-0.3, -0.25) is 10.1 Å². The first-order valence-corrected chi connectivity index (χ1v) is 8.02. The van der Waals surface area contributed by atoms with Crippen LogP contribution in [0.1, 0.15) is 17.3 Å². The number of thiocarbonyl (C=S) groups is 1. The lowest BCUT2D eigenvalue weighted by atomic mass is 10.2. The zero-order valence-electron chi connectivity index (χ0n) is 14.0. The SMILES string of the molecule is CCN(C)c1ccc(NC(=S)NC(=O)c2ccccc2)c(OC)c1. The van der Waals surface area contributed by atoms with Crippen molar-refractivity contribution >= 4 is 34.6 Å². The Hall–Kier alpha value is -2.60. The normalized spacial score (nSPS) is 9.96. The number of nitrogens with one attached hydrogen (secondary N) is 2. The summed E-state index contributed by atoms with van der Waals surface area (Å²) in [6.07, 6.45) is 0. The molecule has 24 heavy (non-hydrogen) atoms. The molecule has 0 aliphatic heterocycles. The second kappa shape index (κ2) is 8.31. The highest BCUT2D eigenvalue weighted by Gasteiger charge is 2.11. The van der Waals surface area contributed by atoms with Crippen LogP contribution in [0.25, 0.3) is 0 Å². The van der Waals surface area contributed by atoms with Crippen molar-refractivity contribution in [3.63, 3.8) is 0 Å². The van der Waals surface area contributed by atoms with Gasteiger partial charge in [0.25, 0.3) is 5.91 Å². The lowest BCUT2D eigenvalue weighted by Crippen LogP contribution is -2.34. The minimum atomic E-state index is -0.255. The van der Waals surface area contributed by atoms with Crippen LogP contribution >= 0.6 is 12.2 Å². The molecule has 0 atom stereocenters. The van der Waals surface area contributed by atoms with Crippen LogP contribution in [-0.4, -0.2) is 31.7 Å². The second-order valence-electron chi connectivity index (χ2n) is 5.17. The van der Waals surface area contributed by atoms with Crippen molar-refractivity contribution in [2.24, 2.45) is 0 Å². The van der Waals surface area contributed by atoms with E-state index in [2.05, 4.69) is 22.5 Å². The third-order valence-corrected chi connectivity index (χ3v) is 3.82. The fourth-order valence-electron chi connectivity index (χ4n) is 2.12. The number of rotatable bonds is 5. The number of ether oxygens (including phenoxy) is 1. The molecule has 0 saturated carbocycles. The Kier molecular flexibility index (Phi) is 6.14. The number of anilines is 2. The van der Waals surface area contributed by atoms with Crippen molar-refractivity contribution in [2.75, 3.05) is 30.9 Å². The van der Waals surface area contributed by atoms with E-state index in [1.54, 1.807) is 31.4 Å². The average Bonchev–Trinajstić information content (AvgIpc) is 2.61. The van der Waals surface area contributed by atoms with Crippen molar-refractivity contribution in [1.82, 2.24) is 5.32 Å². The van der Waals surface area contributed by atoms with Gasteiger partial charge in [-0.25, -0.2) is 0 Å². The van der Waals surface area contributed by atoms with Crippen LogP contribution in [0.5, 0.6) is 5.75 Å². The molecular weight excluding hydrogens is 322 g/mol. The Morgan fingerprint density at radius 3 is 2.54 bits per heavy atom.